The number of carbonyl (C=O) groups excluding carboxylic acids is 1. The lowest BCUT2D eigenvalue weighted by Gasteiger charge is -2.08. The molecule has 2 aromatic rings. The third kappa shape index (κ3) is 3.70. The van der Waals surface area contributed by atoms with E-state index in [4.69, 9.17) is 11.6 Å². The SMILES string of the molecule is Cc1cc(C(=O)NC2CC2)nc(Nc2ccc(Cl)cc2)n1. The molecule has 1 amide bonds. The van der Waals surface area contributed by atoms with Crippen molar-refractivity contribution in [3.8, 4) is 0 Å². The molecule has 0 saturated heterocycles. The number of hydrogen-bond acceptors (Lipinski definition) is 4. The maximum atomic E-state index is 12.1. The van der Waals surface area contributed by atoms with E-state index in [2.05, 4.69) is 20.6 Å². The number of aryl methyl sites for hydroxylation is 1. The summed E-state index contributed by atoms with van der Waals surface area (Å²) in [7, 11) is 0. The molecule has 1 saturated carbocycles. The molecule has 3 rings (SSSR count). The topological polar surface area (TPSA) is 66.9 Å². The number of amides is 1. The quantitative estimate of drug-likeness (QED) is 0.911. The number of hydrogen-bond donors (Lipinski definition) is 2. The molecule has 1 aliphatic rings. The summed E-state index contributed by atoms with van der Waals surface area (Å²) < 4.78 is 0. The highest BCUT2D eigenvalue weighted by Gasteiger charge is 2.24. The maximum Gasteiger partial charge on any atom is 0.270 e. The van der Waals surface area contributed by atoms with Crippen molar-refractivity contribution in [1.82, 2.24) is 15.3 Å². The summed E-state index contributed by atoms with van der Waals surface area (Å²) >= 11 is 5.85. The summed E-state index contributed by atoms with van der Waals surface area (Å²) in [5, 5.41) is 6.66. The molecule has 0 unspecified atom stereocenters. The maximum absolute atomic E-state index is 12.1. The van der Waals surface area contributed by atoms with Gasteiger partial charge >= 0.3 is 0 Å². The van der Waals surface area contributed by atoms with Crippen molar-refractivity contribution in [2.75, 3.05) is 5.32 Å². The molecule has 5 nitrogen and oxygen atoms in total. The van der Waals surface area contributed by atoms with Gasteiger partial charge in [-0.05, 0) is 50.1 Å². The first-order valence-electron chi connectivity index (χ1n) is 6.79. The Labute approximate surface area is 127 Å². The van der Waals surface area contributed by atoms with Crippen LogP contribution in [0.15, 0.2) is 30.3 Å². The third-order valence-corrected chi connectivity index (χ3v) is 3.35. The van der Waals surface area contributed by atoms with Gasteiger partial charge in [0.25, 0.3) is 5.91 Å². The Morgan fingerprint density at radius 2 is 1.95 bits per heavy atom. The number of carbonyl (C=O) groups is 1. The smallest absolute Gasteiger partial charge is 0.270 e. The van der Waals surface area contributed by atoms with Gasteiger partial charge in [0.05, 0.1) is 0 Å². The van der Waals surface area contributed by atoms with Crippen LogP contribution in [-0.2, 0) is 0 Å². The van der Waals surface area contributed by atoms with E-state index >= 15 is 0 Å². The third-order valence-electron chi connectivity index (χ3n) is 3.10. The number of nitrogens with zero attached hydrogens (tertiary/aromatic N) is 2. The molecule has 1 aromatic carbocycles. The van der Waals surface area contributed by atoms with E-state index in [0.29, 0.717) is 22.7 Å². The first kappa shape index (κ1) is 13.8. The van der Waals surface area contributed by atoms with Crippen LogP contribution in [-0.4, -0.2) is 21.9 Å². The molecule has 0 atom stereocenters. The van der Waals surface area contributed by atoms with Crippen LogP contribution in [0.5, 0.6) is 0 Å². The zero-order valence-corrected chi connectivity index (χ0v) is 12.3. The Balaban J connectivity index is 1.79. The summed E-state index contributed by atoms with van der Waals surface area (Å²) in [4.78, 5) is 20.6. The first-order valence-corrected chi connectivity index (χ1v) is 7.17. The fraction of sp³-hybridized carbons (Fsp3) is 0.267. The lowest BCUT2D eigenvalue weighted by Crippen LogP contribution is -2.26. The van der Waals surface area contributed by atoms with Crippen LogP contribution >= 0.6 is 11.6 Å². The molecule has 1 fully saturated rings. The molecule has 6 heteroatoms. The molecule has 0 spiro atoms. The van der Waals surface area contributed by atoms with Crippen LogP contribution in [0.2, 0.25) is 5.02 Å². The van der Waals surface area contributed by atoms with E-state index in [1.165, 1.54) is 0 Å². The molecule has 108 valence electrons. The van der Waals surface area contributed by atoms with Crippen LogP contribution in [0.1, 0.15) is 29.0 Å². The van der Waals surface area contributed by atoms with E-state index < -0.39 is 0 Å². The minimum absolute atomic E-state index is 0.151. The van der Waals surface area contributed by atoms with Crippen molar-refractivity contribution in [3.05, 3.63) is 46.7 Å². The van der Waals surface area contributed by atoms with E-state index in [1.54, 1.807) is 18.2 Å². The minimum atomic E-state index is -0.151. The lowest BCUT2D eigenvalue weighted by molar-refractivity contribution is 0.0946. The highest BCUT2D eigenvalue weighted by molar-refractivity contribution is 6.30. The summed E-state index contributed by atoms with van der Waals surface area (Å²) in [5.74, 6) is 0.250. The second-order valence-electron chi connectivity index (χ2n) is 5.10. The highest BCUT2D eigenvalue weighted by Crippen LogP contribution is 2.20. The summed E-state index contributed by atoms with van der Waals surface area (Å²) in [6.07, 6.45) is 2.09. The van der Waals surface area contributed by atoms with Crippen molar-refractivity contribution >= 4 is 29.1 Å². The van der Waals surface area contributed by atoms with Crippen molar-refractivity contribution in [2.45, 2.75) is 25.8 Å². The van der Waals surface area contributed by atoms with E-state index in [9.17, 15) is 4.79 Å². The molecule has 2 N–H and O–H groups in total. The predicted molar refractivity (Wildman–Crippen MR) is 82.0 cm³/mol. The molecule has 0 radical (unpaired) electrons. The standard InChI is InChI=1S/C15H15ClN4O/c1-9-8-13(14(21)18-11-6-7-11)20-15(17-9)19-12-4-2-10(16)3-5-12/h2-5,8,11H,6-7H2,1H3,(H,18,21)(H,17,19,20). The average Bonchev–Trinajstić information content (AvgIpc) is 3.25. The van der Waals surface area contributed by atoms with Gasteiger partial charge in [-0.1, -0.05) is 11.6 Å². The molecule has 1 heterocycles. The largest absolute Gasteiger partial charge is 0.348 e. The van der Waals surface area contributed by atoms with Crippen LogP contribution in [0.25, 0.3) is 0 Å². The Hall–Kier alpha value is -2.14. The molecule has 1 aliphatic carbocycles. The van der Waals surface area contributed by atoms with E-state index in [-0.39, 0.29) is 5.91 Å². The van der Waals surface area contributed by atoms with Gasteiger partial charge in [0.15, 0.2) is 0 Å². The zero-order valence-electron chi connectivity index (χ0n) is 11.6. The molecule has 21 heavy (non-hydrogen) atoms. The summed E-state index contributed by atoms with van der Waals surface area (Å²) in [6, 6.07) is 9.21. The highest BCUT2D eigenvalue weighted by atomic mass is 35.5. The molecule has 1 aromatic heterocycles. The Kier molecular flexibility index (Phi) is 3.75. The number of benzene rings is 1. The van der Waals surface area contributed by atoms with Gasteiger partial charge in [-0.15, -0.1) is 0 Å². The molecular formula is C15H15ClN4O. The lowest BCUT2D eigenvalue weighted by atomic mass is 10.3. The summed E-state index contributed by atoms with van der Waals surface area (Å²) in [6.45, 7) is 1.84. The van der Waals surface area contributed by atoms with Gasteiger partial charge in [0.2, 0.25) is 5.95 Å². The van der Waals surface area contributed by atoms with Gasteiger partial charge in [-0.2, -0.15) is 0 Å². The van der Waals surface area contributed by atoms with E-state index in [1.807, 2.05) is 19.1 Å². The monoisotopic (exact) mass is 302 g/mol. The summed E-state index contributed by atoms with van der Waals surface area (Å²) in [5.41, 5.74) is 1.94. The second kappa shape index (κ2) is 5.69. The predicted octanol–water partition coefficient (Wildman–Crippen LogP) is 3.07. The van der Waals surface area contributed by atoms with Gasteiger partial charge in [-0.25, -0.2) is 9.97 Å². The fourth-order valence-electron chi connectivity index (χ4n) is 1.89. The fourth-order valence-corrected chi connectivity index (χ4v) is 2.02. The van der Waals surface area contributed by atoms with Crippen LogP contribution in [0, 0.1) is 6.92 Å². The van der Waals surface area contributed by atoms with Gasteiger partial charge in [0, 0.05) is 22.4 Å². The Bertz CT molecular complexity index is 668. The molecule has 0 aliphatic heterocycles. The van der Waals surface area contributed by atoms with Crippen LogP contribution < -0.4 is 10.6 Å². The number of rotatable bonds is 4. The van der Waals surface area contributed by atoms with Crippen molar-refractivity contribution in [3.63, 3.8) is 0 Å². The van der Waals surface area contributed by atoms with Crippen molar-refractivity contribution < 1.29 is 4.79 Å². The van der Waals surface area contributed by atoms with Crippen LogP contribution in [0.4, 0.5) is 11.6 Å². The van der Waals surface area contributed by atoms with Gasteiger partial charge in [0.1, 0.15) is 5.69 Å². The zero-order chi connectivity index (χ0) is 14.8. The number of anilines is 2. The van der Waals surface area contributed by atoms with Gasteiger partial charge < -0.3 is 10.6 Å². The normalized spacial score (nSPS) is 13.8. The van der Waals surface area contributed by atoms with Crippen molar-refractivity contribution in [1.29, 1.82) is 0 Å². The number of nitrogens with one attached hydrogen (secondary N) is 2. The molecule has 0 bridgehead atoms. The number of aromatic nitrogens is 2. The second-order valence-corrected chi connectivity index (χ2v) is 5.53. The minimum Gasteiger partial charge on any atom is -0.348 e. The Morgan fingerprint density at radius 1 is 1.24 bits per heavy atom. The van der Waals surface area contributed by atoms with Crippen molar-refractivity contribution in [2.24, 2.45) is 0 Å². The van der Waals surface area contributed by atoms with Gasteiger partial charge in [-0.3, -0.25) is 4.79 Å². The number of halogens is 1. The average molecular weight is 303 g/mol. The first-order chi connectivity index (χ1) is 10.1. The van der Waals surface area contributed by atoms with E-state index in [0.717, 1.165) is 24.2 Å². The molecular weight excluding hydrogens is 288 g/mol. The Morgan fingerprint density at radius 3 is 2.62 bits per heavy atom. The van der Waals surface area contributed by atoms with Crippen LogP contribution in [0.3, 0.4) is 0 Å².